The predicted molar refractivity (Wildman–Crippen MR) is 80.1 cm³/mol. The average Bonchev–Trinajstić information content (AvgIpc) is 2.34. The Bertz CT molecular complexity index is 302. The molecule has 0 fully saturated rings. The molecule has 0 aromatic heterocycles. The highest BCUT2D eigenvalue weighted by atomic mass is 32.2. The molecule has 0 aliphatic carbocycles. The zero-order chi connectivity index (χ0) is 15.1. The minimum atomic E-state index is -1.22. The Labute approximate surface area is 120 Å². The third-order valence-corrected chi connectivity index (χ3v) is 4.81. The molecule has 0 bridgehead atoms. The highest BCUT2D eigenvalue weighted by molar-refractivity contribution is 7.90. The second-order valence-electron chi connectivity index (χ2n) is 5.70. The zero-order valence-electron chi connectivity index (χ0n) is 12.7. The van der Waals surface area contributed by atoms with Crippen molar-refractivity contribution < 1.29 is 14.1 Å². The number of esters is 1. The summed E-state index contributed by atoms with van der Waals surface area (Å²) >= 11 is -1.22. The van der Waals surface area contributed by atoms with Gasteiger partial charge in [-0.25, -0.2) is 0 Å². The maximum atomic E-state index is 12.3. The van der Waals surface area contributed by atoms with E-state index in [0.29, 0.717) is 12.8 Å². The average molecular weight is 289 g/mol. The fourth-order valence-corrected chi connectivity index (χ4v) is 2.64. The number of hydrogen-bond acceptors (Lipinski definition) is 4. The van der Waals surface area contributed by atoms with Crippen molar-refractivity contribution in [2.24, 2.45) is 0 Å². The van der Waals surface area contributed by atoms with Crippen LogP contribution >= 0.6 is 0 Å². The largest absolute Gasteiger partial charge is 0.598 e. The van der Waals surface area contributed by atoms with Gasteiger partial charge in [-0.3, -0.25) is 4.79 Å². The minimum absolute atomic E-state index is 0.218. The quantitative estimate of drug-likeness (QED) is 0.424. The van der Waals surface area contributed by atoms with Gasteiger partial charge in [0.2, 0.25) is 0 Å². The Hall–Kier alpha value is -0.520. The summed E-state index contributed by atoms with van der Waals surface area (Å²) in [5, 5.41) is 0. The second-order valence-corrected chi connectivity index (χ2v) is 7.66. The van der Waals surface area contributed by atoms with Crippen LogP contribution in [0.4, 0.5) is 0 Å². The van der Waals surface area contributed by atoms with Crippen LogP contribution in [0.3, 0.4) is 0 Å². The van der Waals surface area contributed by atoms with Crippen molar-refractivity contribution in [2.75, 3.05) is 7.11 Å². The van der Waals surface area contributed by atoms with Crippen LogP contribution < -0.4 is 4.72 Å². The summed E-state index contributed by atoms with van der Waals surface area (Å²) in [6.45, 7) is 11.4. The van der Waals surface area contributed by atoms with Crippen molar-refractivity contribution in [2.45, 2.75) is 63.7 Å². The normalized spacial score (nSPS) is 16.5. The van der Waals surface area contributed by atoms with Crippen molar-refractivity contribution in [1.82, 2.24) is 4.72 Å². The van der Waals surface area contributed by atoms with Gasteiger partial charge in [0, 0.05) is 11.4 Å². The van der Waals surface area contributed by atoms with Gasteiger partial charge in [-0.05, 0) is 40.0 Å². The lowest BCUT2D eigenvalue weighted by atomic mass is 9.88. The number of methoxy groups -OCH3 is 1. The highest BCUT2D eigenvalue weighted by Gasteiger charge is 2.39. The van der Waals surface area contributed by atoms with Gasteiger partial charge in [0.25, 0.3) is 0 Å². The van der Waals surface area contributed by atoms with Gasteiger partial charge in [-0.2, -0.15) is 0 Å². The molecule has 0 radical (unpaired) electrons. The van der Waals surface area contributed by atoms with Crippen LogP contribution in [0.15, 0.2) is 12.7 Å². The topological polar surface area (TPSA) is 61.4 Å². The van der Waals surface area contributed by atoms with Gasteiger partial charge in [-0.1, -0.05) is 13.0 Å². The fraction of sp³-hybridized carbons (Fsp3) is 0.786. The maximum absolute atomic E-state index is 12.3. The first-order valence-corrected chi connectivity index (χ1v) is 7.73. The molecule has 0 aromatic carbocycles. The lowest BCUT2D eigenvalue weighted by Gasteiger charge is -2.36. The van der Waals surface area contributed by atoms with Crippen LogP contribution in [0, 0.1) is 0 Å². The number of carbonyl (C=O) groups excluding carboxylic acids is 1. The molecule has 0 heterocycles. The van der Waals surface area contributed by atoms with Crippen LogP contribution in [0.2, 0.25) is 0 Å². The molecule has 1 N–H and O–H groups in total. The fourth-order valence-electron chi connectivity index (χ4n) is 1.63. The monoisotopic (exact) mass is 289 g/mol. The molecule has 2 unspecified atom stereocenters. The molecular formula is C14H27NO3S. The van der Waals surface area contributed by atoms with Crippen LogP contribution in [0.1, 0.15) is 53.4 Å². The van der Waals surface area contributed by atoms with Crippen LogP contribution in [0.25, 0.3) is 0 Å². The number of ether oxygens (including phenoxy) is 1. The van der Waals surface area contributed by atoms with Crippen molar-refractivity contribution in [3.05, 3.63) is 12.7 Å². The summed E-state index contributed by atoms with van der Waals surface area (Å²) in [6, 6.07) is 0. The molecule has 0 amide bonds. The summed E-state index contributed by atoms with van der Waals surface area (Å²) in [5.74, 6) is -0.288. The Kier molecular flexibility index (Phi) is 7.71. The molecule has 0 aliphatic heterocycles. The van der Waals surface area contributed by atoms with E-state index in [9.17, 15) is 9.35 Å². The Morgan fingerprint density at radius 1 is 1.47 bits per heavy atom. The zero-order valence-corrected chi connectivity index (χ0v) is 13.6. The summed E-state index contributed by atoms with van der Waals surface area (Å²) in [6.07, 6.45) is 4.21. The van der Waals surface area contributed by atoms with Crippen LogP contribution in [0.5, 0.6) is 0 Å². The van der Waals surface area contributed by atoms with Gasteiger partial charge in [-0.15, -0.1) is 11.3 Å². The van der Waals surface area contributed by atoms with Gasteiger partial charge < -0.3 is 9.29 Å². The van der Waals surface area contributed by atoms with Gasteiger partial charge in [0.15, 0.2) is 0 Å². The van der Waals surface area contributed by atoms with E-state index in [2.05, 4.69) is 11.3 Å². The lowest BCUT2D eigenvalue weighted by Crippen LogP contribution is -2.54. The minimum Gasteiger partial charge on any atom is -0.598 e. The van der Waals surface area contributed by atoms with E-state index >= 15 is 0 Å². The predicted octanol–water partition coefficient (Wildman–Crippen LogP) is 2.72. The molecule has 2 atom stereocenters. The molecule has 0 spiro atoms. The van der Waals surface area contributed by atoms with Gasteiger partial charge >= 0.3 is 5.97 Å². The van der Waals surface area contributed by atoms with Gasteiger partial charge in [0.1, 0.15) is 4.75 Å². The second kappa shape index (κ2) is 7.92. The van der Waals surface area contributed by atoms with E-state index in [4.69, 9.17) is 4.74 Å². The van der Waals surface area contributed by atoms with Crippen molar-refractivity contribution in [1.29, 1.82) is 0 Å². The van der Waals surface area contributed by atoms with Crippen LogP contribution in [-0.2, 0) is 20.9 Å². The Morgan fingerprint density at radius 3 is 2.42 bits per heavy atom. The van der Waals surface area contributed by atoms with E-state index < -0.39 is 16.9 Å². The molecule has 112 valence electrons. The molecule has 19 heavy (non-hydrogen) atoms. The van der Waals surface area contributed by atoms with E-state index in [0.717, 1.165) is 6.42 Å². The molecule has 0 aromatic rings. The summed E-state index contributed by atoms with van der Waals surface area (Å²) < 4.78 is 19.8. The standard InChI is InChI=1S/C14H27NO3S/c1-7-9-10-14(8-2,11-12(16)18-6)15-19(17)13(3,4)5/h7,15H,1,8-11H2,2-6H3. The first-order valence-electron chi connectivity index (χ1n) is 6.58. The van der Waals surface area contributed by atoms with Crippen LogP contribution in [-0.4, -0.2) is 27.9 Å². The Morgan fingerprint density at radius 2 is 2.05 bits per heavy atom. The highest BCUT2D eigenvalue weighted by Crippen LogP contribution is 2.27. The van der Waals surface area contributed by atoms with Gasteiger partial charge in [0.05, 0.1) is 19.1 Å². The summed E-state index contributed by atoms with van der Waals surface area (Å²) in [4.78, 5) is 11.6. The van der Waals surface area contributed by atoms with Crippen molar-refractivity contribution in [3.8, 4) is 0 Å². The molecule has 5 heteroatoms. The number of rotatable bonds is 8. The molecule has 0 rings (SSSR count). The van der Waals surface area contributed by atoms with Crippen molar-refractivity contribution >= 4 is 17.3 Å². The number of allylic oxidation sites excluding steroid dienone is 1. The Balaban J connectivity index is 5.00. The van der Waals surface area contributed by atoms with E-state index in [-0.39, 0.29) is 17.1 Å². The lowest BCUT2D eigenvalue weighted by molar-refractivity contribution is -0.142. The molecule has 4 nitrogen and oxygen atoms in total. The third kappa shape index (κ3) is 6.45. The SMILES string of the molecule is C=CCCC(CC)(CC(=O)OC)N[S+]([O-])C(C)(C)C. The van der Waals surface area contributed by atoms with E-state index in [1.165, 1.54) is 7.11 Å². The molecule has 0 saturated heterocycles. The van der Waals surface area contributed by atoms with E-state index in [1.54, 1.807) is 0 Å². The first kappa shape index (κ1) is 18.5. The molecule has 0 aliphatic rings. The number of carbonyl (C=O) groups is 1. The smallest absolute Gasteiger partial charge is 0.307 e. The third-order valence-electron chi connectivity index (χ3n) is 3.08. The number of nitrogens with one attached hydrogen (secondary N) is 1. The maximum Gasteiger partial charge on any atom is 0.307 e. The number of hydrogen-bond donors (Lipinski definition) is 1. The molecule has 0 saturated carbocycles. The first-order chi connectivity index (χ1) is 8.70. The van der Waals surface area contributed by atoms with E-state index in [1.807, 2.05) is 33.8 Å². The summed E-state index contributed by atoms with van der Waals surface area (Å²) in [7, 11) is 1.37. The van der Waals surface area contributed by atoms with Crippen molar-refractivity contribution in [3.63, 3.8) is 0 Å². The molecular weight excluding hydrogens is 262 g/mol. The summed E-state index contributed by atoms with van der Waals surface area (Å²) in [5.41, 5.74) is -0.501.